The molecule has 2 aromatic rings. The lowest BCUT2D eigenvalue weighted by Crippen LogP contribution is -2.26. The number of methoxy groups -OCH3 is 1. The van der Waals surface area contributed by atoms with Gasteiger partial charge in [-0.2, -0.15) is 11.8 Å². The van der Waals surface area contributed by atoms with Gasteiger partial charge in [0.05, 0.1) is 22.1 Å². The lowest BCUT2D eigenvalue weighted by molar-refractivity contribution is 0.385. The van der Waals surface area contributed by atoms with Gasteiger partial charge in [0, 0.05) is 18.1 Å². The molecule has 25 heavy (non-hydrogen) atoms. The van der Waals surface area contributed by atoms with Gasteiger partial charge in [-0.05, 0) is 35.9 Å². The molecule has 0 aliphatic carbocycles. The molecule has 0 saturated carbocycles. The Morgan fingerprint density at radius 2 is 1.92 bits per heavy atom. The van der Waals surface area contributed by atoms with Gasteiger partial charge in [-0.1, -0.05) is 29.3 Å². The molecule has 2 rings (SSSR count). The Labute approximate surface area is 160 Å². The molecular formula is C16H16Cl2FNO3S2. The van der Waals surface area contributed by atoms with Gasteiger partial charge in [-0.15, -0.1) is 0 Å². The number of rotatable bonds is 8. The number of hydrogen-bond donors (Lipinski definition) is 1. The number of nitrogens with one attached hydrogen (secondary N) is 1. The van der Waals surface area contributed by atoms with E-state index in [2.05, 4.69) is 4.72 Å². The first-order chi connectivity index (χ1) is 11.8. The fourth-order valence-corrected chi connectivity index (χ4v) is 4.26. The lowest BCUT2D eigenvalue weighted by atomic mass is 10.2. The van der Waals surface area contributed by atoms with E-state index in [1.165, 1.54) is 19.2 Å². The lowest BCUT2D eigenvalue weighted by Gasteiger charge is -2.08. The molecule has 0 heterocycles. The second-order valence-corrected chi connectivity index (χ2v) is 8.68. The van der Waals surface area contributed by atoms with Gasteiger partial charge in [0.15, 0.2) is 11.6 Å². The van der Waals surface area contributed by atoms with E-state index in [0.29, 0.717) is 21.6 Å². The van der Waals surface area contributed by atoms with Crippen molar-refractivity contribution in [3.63, 3.8) is 0 Å². The normalized spacial score (nSPS) is 11.5. The highest BCUT2D eigenvalue weighted by Crippen LogP contribution is 2.24. The van der Waals surface area contributed by atoms with Crippen LogP contribution in [0.25, 0.3) is 0 Å². The predicted molar refractivity (Wildman–Crippen MR) is 101 cm³/mol. The number of ether oxygens (including phenoxy) is 1. The van der Waals surface area contributed by atoms with E-state index >= 15 is 0 Å². The molecule has 0 aliphatic heterocycles. The van der Waals surface area contributed by atoms with Crippen molar-refractivity contribution in [2.24, 2.45) is 0 Å². The van der Waals surface area contributed by atoms with Crippen LogP contribution in [0.15, 0.2) is 41.3 Å². The fourth-order valence-electron chi connectivity index (χ4n) is 1.97. The third-order valence-electron chi connectivity index (χ3n) is 3.22. The molecule has 0 radical (unpaired) electrons. The molecule has 2 aromatic carbocycles. The third-order valence-corrected chi connectivity index (χ3v) is 6.45. The van der Waals surface area contributed by atoms with Crippen molar-refractivity contribution in [1.29, 1.82) is 0 Å². The molecule has 136 valence electrons. The summed E-state index contributed by atoms with van der Waals surface area (Å²) in [6.45, 7) is 0.224. The first-order valence-corrected chi connectivity index (χ1v) is 10.6. The summed E-state index contributed by atoms with van der Waals surface area (Å²) in [5, 5.41) is 0.983. The van der Waals surface area contributed by atoms with Gasteiger partial charge in [-0.3, -0.25) is 0 Å². The zero-order chi connectivity index (χ0) is 18.4. The Bertz CT molecular complexity index is 847. The van der Waals surface area contributed by atoms with Crippen LogP contribution < -0.4 is 9.46 Å². The average molecular weight is 424 g/mol. The quantitative estimate of drug-likeness (QED) is 0.641. The van der Waals surface area contributed by atoms with E-state index in [1.54, 1.807) is 23.9 Å². The summed E-state index contributed by atoms with van der Waals surface area (Å²) >= 11 is 13.3. The standard InChI is InChI=1S/C16H16Cl2FNO3S2/c1-23-16-5-3-12(9-15(16)19)25(21,22)20-6-7-24-10-11-2-4-13(17)14(18)8-11/h2-5,8-9,20H,6-7,10H2,1H3. The number of hydrogen-bond acceptors (Lipinski definition) is 4. The van der Waals surface area contributed by atoms with E-state index in [1.807, 2.05) is 6.07 Å². The Hall–Kier alpha value is -0.990. The van der Waals surface area contributed by atoms with E-state index in [4.69, 9.17) is 27.9 Å². The smallest absolute Gasteiger partial charge is 0.240 e. The number of benzene rings is 2. The summed E-state index contributed by atoms with van der Waals surface area (Å²) in [4.78, 5) is -0.139. The first kappa shape index (κ1) is 20.3. The van der Waals surface area contributed by atoms with Crippen molar-refractivity contribution in [2.75, 3.05) is 19.4 Å². The van der Waals surface area contributed by atoms with E-state index in [9.17, 15) is 12.8 Å². The van der Waals surface area contributed by atoms with Gasteiger partial charge in [0.2, 0.25) is 10.0 Å². The monoisotopic (exact) mass is 423 g/mol. The van der Waals surface area contributed by atoms with Crippen LogP contribution in [-0.2, 0) is 15.8 Å². The molecule has 0 spiro atoms. The summed E-state index contributed by atoms with van der Waals surface area (Å²) in [6.07, 6.45) is 0. The maximum atomic E-state index is 13.6. The van der Waals surface area contributed by atoms with Crippen molar-refractivity contribution in [3.05, 3.63) is 57.8 Å². The molecule has 0 atom stereocenters. The van der Waals surface area contributed by atoms with Gasteiger partial charge in [-0.25, -0.2) is 17.5 Å². The minimum atomic E-state index is -3.76. The van der Waals surface area contributed by atoms with Crippen molar-refractivity contribution in [3.8, 4) is 5.75 Å². The molecule has 0 fully saturated rings. The van der Waals surface area contributed by atoms with Crippen LogP contribution in [0.4, 0.5) is 4.39 Å². The van der Waals surface area contributed by atoms with Crippen molar-refractivity contribution < 1.29 is 17.5 Å². The van der Waals surface area contributed by atoms with Gasteiger partial charge >= 0.3 is 0 Å². The van der Waals surface area contributed by atoms with E-state index < -0.39 is 15.8 Å². The fraction of sp³-hybridized carbons (Fsp3) is 0.250. The molecule has 0 aliphatic rings. The largest absolute Gasteiger partial charge is 0.494 e. The minimum absolute atomic E-state index is 0.00358. The summed E-state index contributed by atoms with van der Waals surface area (Å²) < 4.78 is 45.1. The molecule has 0 unspecified atom stereocenters. The Morgan fingerprint density at radius 1 is 1.16 bits per heavy atom. The van der Waals surface area contributed by atoms with Crippen LogP contribution in [0.3, 0.4) is 0 Å². The van der Waals surface area contributed by atoms with E-state index in [0.717, 1.165) is 11.6 Å². The predicted octanol–water partition coefficient (Wildman–Crippen LogP) is 4.35. The third kappa shape index (κ3) is 5.76. The highest BCUT2D eigenvalue weighted by atomic mass is 35.5. The zero-order valence-corrected chi connectivity index (χ0v) is 16.4. The second-order valence-electron chi connectivity index (χ2n) is 5.00. The Kier molecular flexibility index (Phi) is 7.39. The van der Waals surface area contributed by atoms with Gasteiger partial charge < -0.3 is 4.74 Å². The first-order valence-electron chi connectivity index (χ1n) is 7.18. The van der Waals surface area contributed by atoms with Crippen LogP contribution in [-0.4, -0.2) is 27.8 Å². The van der Waals surface area contributed by atoms with Crippen LogP contribution in [0.5, 0.6) is 5.75 Å². The number of sulfonamides is 1. The highest BCUT2D eigenvalue weighted by molar-refractivity contribution is 7.98. The summed E-state index contributed by atoms with van der Waals surface area (Å²) in [5.74, 6) is 0.504. The highest BCUT2D eigenvalue weighted by Gasteiger charge is 2.16. The number of halogens is 3. The molecular weight excluding hydrogens is 408 g/mol. The minimum Gasteiger partial charge on any atom is -0.494 e. The molecule has 0 aromatic heterocycles. The molecule has 9 heteroatoms. The van der Waals surface area contributed by atoms with E-state index in [-0.39, 0.29) is 17.2 Å². The van der Waals surface area contributed by atoms with Crippen LogP contribution in [0.1, 0.15) is 5.56 Å². The summed E-state index contributed by atoms with van der Waals surface area (Å²) in [6, 6.07) is 8.88. The van der Waals surface area contributed by atoms with Crippen LogP contribution >= 0.6 is 35.0 Å². The number of thioether (sulfide) groups is 1. The van der Waals surface area contributed by atoms with Crippen molar-refractivity contribution in [2.45, 2.75) is 10.6 Å². The molecule has 0 bridgehead atoms. The summed E-state index contributed by atoms with van der Waals surface area (Å²) in [5.41, 5.74) is 1.000. The Morgan fingerprint density at radius 3 is 2.56 bits per heavy atom. The van der Waals surface area contributed by atoms with Gasteiger partial charge in [0.25, 0.3) is 0 Å². The average Bonchev–Trinajstić information content (AvgIpc) is 2.57. The SMILES string of the molecule is COc1ccc(S(=O)(=O)NCCSCc2ccc(Cl)c(Cl)c2)cc1F. The zero-order valence-electron chi connectivity index (χ0n) is 13.3. The van der Waals surface area contributed by atoms with Crippen LogP contribution in [0, 0.1) is 5.82 Å². The molecule has 0 saturated heterocycles. The molecule has 1 N–H and O–H groups in total. The summed E-state index contributed by atoms with van der Waals surface area (Å²) in [7, 11) is -2.45. The maximum Gasteiger partial charge on any atom is 0.240 e. The molecule has 4 nitrogen and oxygen atoms in total. The molecule has 0 amide bonds. The maximum absolute atomic E-state index is 13.6. The van der Waals surface area contributed by atoms with Gasteiger partial charge in [0.1, 0.15) is 0 Å². The second kappa shape index (κ2) is 9.09. The van der Waals surface area contributed by atoms with Crippen molar-refractivity contribution >= 4 is 45.0 Å². The Balaban J connectivity index is 1.84. The van der Waals surface area contributed by atoms with Crippen LogP contribution in [0.2, 0.25) is 10.0 Å². The van der Waals surface area contributed by atoms with Crippen molar-refractivity contribution in [1.82, 2.24) is 4.72 Å². The topological polar surface area (TPSA) is 55.4 Å².